The minimum absolute atomic E-state index is 0.0639. The van der Waals surface area contributed by atoms with Crippen molar-refractivity contribution in [2.24, 2.45) is 23.7 Å². The van der Waals surface area contributed by atoms with Crippen LogP contribution in [0.5, 0.6) is 0 Å². The second-order valence-corrected chi connectivity index (χ2v) is 8.14. The number of aliphatic hydroxyl groups excluding tert-OH is 2. The van der Waals surface area contributed by atoms with Crippen LogP contribution in [-0.4, -0.2) is 33.5 Å². The fraction of sp³-hybridized carbons (Fsp3) is 0.773. The van der Waals surface area contributed by atoms with Gasteiger partial charge in [0, 0.05) is 6.42 Å². The lowest BCUT2D eigenvalue weighted by molar-refractivity contribution is -0.136. The largest absolute Gasteiger partial charge is 0.481 e. The molecular weight excluding hydrogens is 328 g/mol. The third kappa shape index (κ3) is 5.86. The van der Waals surface area contributed by atoms with Gasteiger partial charge in [-0.1, -0.05) is 56.6 Å². The average molecular weight is 363 g/mol. The van der Waals surface area contributed by atoms with Crippen LogP contribution in [0.3, 0.4) is 0 Å². The molecule has 2 aliphatic carbocycles. The zero-order chi connectivity index (χ0) is 19.1. The Morgan fingerprint density at radius 1 is 1.38 bits per heavy atom. The topological polar surface area (TPSA) is 77.8 Å². The third-order valence-electron chi connectivity index (χ3n) is 5.97. The molecule has 1 unspecified atom stereocenters. The van der Waals surface area contributed by atoms with E-state index in [-0.39, 0.29) is 12.3 Å². The second kappa shape index (κ2) is 10.1. The van der Waals surface area contributed by atoms with Gasteiger partial charge in [0.25, 0.3) is 0 Å². The van der Waals surface area contributed by atoms with Gasteiger partial charge in [0.2, 0.25) is 0 Å². The zero-order valence-corrected chi connectivity index (χ0v) is 16.2. The van der Waals surface area contributed by atoms with E-state index < -0.39 is 18.2 Å². The van der Waals surface area contributed by atoms with Crippen LogP contribution in [0.2, 0.25) is 0 Å². The van der Waals surface area contributed by atoms with Crippen molar-refractivity contribution in [2.75, 3.05) is 0 Å². The Balaban J connectivity index is 1.88. The minimum Gasteiger partial charge on any atom is -0.481 e. The van der Waals surface area contributed by atoms with Crippen molar-refractivity contribution in [2.45, 2.75) is 83.8 Å². The van der Waals surface area contributed by atoms with E-state index >= 15 is 0 Å². The van der Waals surface area contributed by atoms with Crippen LogP contribution < -0.4 is 0 Å². The summed E-state index contributed by atoms with van der Waals surface area (Å²) in [5, 5.41) is 29.3. The number of hydrogen-bond acceptors (Lipinski definition) is 3. The van der Waals surface area contributed by atoms with Gasteiger partial charge in [-0.25, -0.2) is 0 Å². The first-order valence-electron chi connectivity index (χ1n) is 10.2. The number of fused-ring (bicyclic) bond motifs is 1. The number of unbranched alkanes of at least 4 members (excludes halogenated alkanes) is 1. The molecule has 2 rings (SSSR count). The van der Waals surface area contributed by atoms with Crippen molar-refractivity contribution < 1.29 is 20.1 Å². The Bertz CT molecular complexity index is 556. The molecule has 4 heteroatoms. The van der Waals surface area contributed by atoms with Crippen LogP contribution in [0, 0.1) is 35.5 Å². The van der Waals surface area contributed by atoms with Gasteiger partial charge in [-0.05, 0) is 49.9 Å². The Labute approximate surface area is 157 Å². The third-order valence-corrected chi connectivity index (χ3v) is 5.97. The molecule has 3 N–H and O–H groups in total. The lowest BCUT2D eigenvalue weighted by Crippen LogP contribution is -2.44. The fourth-order valence-corrected chi connectivity index (χ4v) is 4.39. The molecule has 26 heavy (non-hydrogen) atoms. The SMILES string of the molecule is CCCC[C@H](C)CC(O)C#C[C@H]1[C@@H]2CC(=CCCC(=O)O)[C@@H]2CC[C@@H]1O. The summed E-state index contributed by atoms with van der Waals surface area (Å²) in [5.74, 6) is 6.62. The van der Waals surface area contributed by atoms with Gasteiger partial charge >= 0.3 is 5.97 Å². The van der Waals surface area contributed by atoms with Gasteiger partial charge in [0.05, 0.1) is 12.0 Å². The number of hydrogen-bond donors (Lipinski definition) is 3. The zero-order valence-electron chi connectivity index (χ0n) is 16.2. The van der Waals surface area contributed by atoms with Gasteiger partial charge in [0.15, 0.2) is 0 Å². The molecule has 0 amide bonds. The Morgan fingerprint density at radius 3 is 2.85 bits per heavy atom. The van der Waals surface area contributed by atoms with Crippen molar-refractivity contribution in [3.63, 3.8) is 0 Å². The van der Waals surface area contributed by atoms with Gasteiger partial charge < -0.3 is 15.3 Å². The van der Waals surface area contributed by atoms with Gasteiger partial charge in [-0.2, -0.15) is 0 Å². The standard InChI is InChI=1S/C22H34O4/c1-3-4-6-15(2)13-17(23)9-10-19-20-14-16(7-5-8-22(25)26)18(20)11-12-21(19)24/h7,15,17-21,23-24H,3-6,8,11-14H2,1-2H3,(H,25,26)/t15-,17?,18-,19-,20+,21-/m0/s1. The summed E-state index contributed by atoms with van der Waals surface area (Å²) in [6.07, 6.45) is 8.59. The first-order valence-corrected chi connectivity index (χ1v) is 10.2. The minimum atomic E-state index is -0.761. The fourth-order valence-electron chi connectivity index (χ4n) is 4.39. The summed E-state index contributed by atoms with van der Waals surface area (Å²) < 4.78 is 0. The summed E-state index contributed by atoms with van der Waals surface area (Å²) in [4.78, 5) is 10.6. The number of aliphatic carboxylic acids is 1. The van der Waals surface area contributed by atoms with Crippen LogP contribution in [0.15, 0.2) is 11.6 Å². The molecule has 146 valence electrons. The van der Waals surface area contributed by atoms with Crippen LogP contribution in [0.25, 0.3) is 0 Å². The number of carboxylic acids is 1. The summed E-state index contributed by atoms with van der Waals surface area (Å²) in [6, 6.07) is 0. The Hall–Kier alpha value is -1.31. The molecule has 2 aliphatic rings. The van der Waals surface area contributed by atoms with Gasteiger partial charge in [-0.3, -0.25) is 4.79 Å². The van der Waals surface area contributed by atoms with E-state index in [1.807, 2.05) is 0 Å². The van der Waals surface area contributed by atoms with E-state index in [9.17, 15) is 15.0 Å². The van der Waals surface area contributed by atoms with Crippen molar-refractivity contribution in [1.29, 1.82) is 0 Å². The molecule has 6 atom stereocenters. The lowest BCUT2D eigenvalue weighted by Gasteiger charge is -2.48. The second-order valence-electron chi connectivity index (χ2n) is 8.14. The van der Waals surface area contributed by atoms with E-state index in [2.05, 4.69) is 31.8 Å². The molecule has 0 spiro atoms. The number of allylic oxidation sites excluding steroid dienone is 2. The van der Waals surface area contributed by atoms with Gasteiger partial charge in [-0.15, -0.1) is 0 Å². The first kappa shape index (κ1) is 21.0. The van der Waals surface area contributed by atoms with E-state index in [4.69, 9.17) is 5.11 Å². The van der Waals surface area contributed by atoms with Crippen molar-refractivity contribution in [3.05, 3.63) is 11.6 Å². The van der Waals surface area contributed by atoms with Crippen LogP contribution >= 0.6 is 0 Å². The van der Waals surface area contributed by atoms with Crippen molar-refractivity contribution in [1.82, 2.24) is 0 Å². The Kier molecular flexibility index (Phi) is 8.18. The van der Waals surface area contributed by atoms with E-state index in [0.717, 1.165) is 25.7 Å². The maximum atomic E-state index is 10.6. The van der Waals surface area contributed by atoms with Crippen LogP contribution in [-0.2, 0) is 4.79 Å². The van der Waals surface area contributed by atoms with Crippen molar-refractivity contribution in [3.8, 4) is 11.8 Å². The predicted octanol–water partition coefficient (Wildman–Crippen LogP) is 3.77. The average Bonchev–Trinajstić information content (AvgIpc) is 2.56. The smallest absolute Gasteiger partial charge is 0.303 e. The van der Waals surface area contributed by atoms with Crippen molar-refractivity contribution >= 4 is 5.97 Å². The highest BCUT2D eigenvalue weighted by Crippen LogP contribution is 2.51. The lowest BCUT2D eigenvalue weighted by atomic mass is 9.57. The maximum absolute atomic E-state index is 10.6. The molecule has 0 aromatic heterocycles. The number of aliphatic hydroxyl groups is 2. The van der Waals surface area contributed by atoms with E-state index in [1.54, 1.807) is 0 Å². The molecule has 2 fully saturated rings. The molecule has 0 aromatic rings. The molecule has 0 radical (unpaired) electrons. The summed E-state index contributed by atoms with van der Waals surface area (Å²) >= 11 is 0. The number of carbonyl (C=O) groups is 1. The molecule has 0 bridgehead atoms. The molecule has 0 aliphatic heterocycles. The quantitative estimate of drug-likeness (QED) is 0.454. The highest BCUT2D eigenvalue weighted by Gasteiger charge is 2.46. The molecule has 0 aromatic carbocycles. The number of carboxylic acid groups (broad SMARTS) is 1. The van der Waals surface area contributed by atoms with E-state index in [0.29, 0.717) is 30.6 Å². The maximum Gasteiger partial charge on any atom is 0.303 e. The summed E-state index contributed by atoms with van der Waals surface area (Å²) in [6.45, 7) is 4.33. The molecule has 2 saturated carbocycles. The van der Waals surface area contributed by atoms with Crippen LogP contribution in [0.4, 0.5) is 0 Å². The van der Waals surface area contributed by atoms with Gasteiger partial charge in [0.1, 0.15) is 6.10 Å². The molecule has 4 nitrogen and oxygen atoms in total. The highest BCUT2D eigenvalue weighted by atomic mass is 16.4. The molecule has 0 heterocycles. The van der Waals surface area contributed by atoms with E-state index in [1.165, 1.54) is 18.4 Å². The normalized spacial score (nSPS) is 31.3. The Morgan fingerprint density at radius 2 is 2.15 bits per heavy atom. The predicted molar refractivity (Wildman–Crippen MR) is 102 cm³/mol. The molecule has 0 saturated heterocycles. The van der Waals surface area contributed by atoms with Crippen LogP contribution in [0.1, 0.15) is 71.6 Å². The highest BCUT2D eigenvalue weighted by molar-refractivity contribution is 5.66. The molecular formula is C22H34O4. The summed E-state index contributed by atoms with van der Waals surface area (Å²) in [7, 11) is 0. The first-order chi connectivity index (χ1) is 12.4. The summed E-state index contributed by atoms with van der Waals surface area (Å²) in [5.41, 5.74) is 1.34. The monoisotopic (exact) mass is 362 g/mol. The number of rotatable bonds is 8.